The van der Waals surface area contributed by atoms with Crippen molar-refractivity contribution in [3.8, 4) is 0 Å². The van der Waals surface area contributed by atoms with Gasteiger partial charge in [-0.15, -0.1) is 0 Å². The Hall–Kier alpha value is -3.36. The second-order valence-corrected chi connectivity index (χ2v) is 7.96. The van der Waals surface area contributed by atoms with E-state index < -0.39 is 74.1 Å². The zero-order chi connectivity index (χ0) is 26.9. The van der Waals surface area contributed by atoms with Gasteiger partial charge in [0.05, 0.1) is 25.9 Å². The lowest BCUT2D eigenvalue weighted by Crippen LogP contribution is -2.33. The number of hydrogen-bond donors (Lipinski definition) is 10. The van der Waals surface area contributed by atoms with Crippen molar-refractivity contribution in [2.24, 2.45) is 11.5 Å². The summed E-state index contributed by atoms with van der Waals surface area (Å²) in [5, 5.41) is 56.7. The van der Waals surface area contributed by atoms with E-state index in [1.165, 1.54) is 21.8 Å². The van der Waals surface area contributed by atoms with Crippen LogP contribution in [0.3, 0.4) is 0 Å². The topological polar surface area (TPSA) is 314 Å². The van der Waals surface area contributed by atoms with Gasteiger partial charge in [0.25, 0.3) is 11.8 Å². The van der Waals surface area contributed by atoms with Crippen LogP contribution in [0.5, 0.6) is 0 Å². The number of imidazole rings is 2. The highest BCUT2D eigenvalue weighted by Gasteiger charge is 2.45. The number of amides is 2. The molecule has 18 heteroatoms. The summed E-state index contributed by atoms with van der Waals surface area (Å²) < 4.78 is 12.8. The first-order chi connectivity index (χ1) is 16.9. The minimum Gasteiger partial charge on any atom is -0.394 e. The van der Waals surface area contributed by atoms with Crippen LogP contribution < -0.4 is 22.9 Å². The van der Waals surface area contributed by atoms with Crippen molar-refractivity contribution in [1.82, 2.24) is 19.1 Å². The van der Waals surface area contributed by atoms with Crippen LogP contribution in [0, 0.1) is 0 Å². The van der Waals surface area contributed by atoms with Gasteiger partial charge in [-0.2, -0.15) is 0 Å². The molecule has 2 aromatic heterocycles. The molecule has 2 aliphatic rings. The fourth-order valence-corrected chi connectivity index (χ4v) is 3.75. The summed E-state index contributed by atoms with van der Waals surface area (Å²) in [5.41, 5.74) is 21.1. The van der Waals surface area contributed by atoms with Gasteiger partial charge in [-0.1, -0.05) is 0 Å². The maximum atomic E-state index is 11.0. The molecule has 18 nitrogen and oxygen atoms in total. The van der Waals surface area contributed by atoms with E-state index in [1.54, 1.807) is 0 Å². The minimum absolute atomic E-state index is 0.0719. The molecule has 200 valence electrons. The molecule has 0 aromatic carbocycles. The van der Waals surface area contributed by atoms with Crippen LogP contribution in [0.2, 0.25) is 0 Å². The van der Waals surface area contributed by atoms with Gasteiger partial charge in [-0.3, -0.25) is 18.7 Å². The zero-order valence-corrected chi connectivity index (χ0v) is 18.6. The van der Waals surface area contributed by atoms with Crippen LogP contribution in [0.4, 0.5) is 11.6 Å². The molecule has 0 saturated carbocycles. The van der Waals surface area contributed by atoms with Gasteiger partial charge in [0.15, 0.2) is 23.8 Å². The van der Waals surface area contributed by atoms with Gasteiger partial charge in [-0.05, 0) is 0 Å². The fourth-order valence-electron chi connectivity index (χ4n) is 3.75. The SMILES string of the molecule is NC(=O)c1ncn([C@@H]2O[C@H](CO)[C@@H](O)[C@H]2O)c1N.NC(=O)c1ncn([C@@H]2O[C@H](CO)[C@@H](O)[C@H]2O)c1N. The lowest BCUT2D eigenvalue weighted by atomic mass is 10.1. The summed E-state index contributed by atoms with van der Waals surface area (Å²) in [6.07, 6.45) is -6.65. The van der Waals surface area contributed by atoms with Gasteiger partial charge < -0.3 is 63.0 Å². The predicted octanol–water partition coefficient (Wildman–Crippen LogP) is -5.65. The van der Waals surface area contributed by atoms with Gasteiger partial charge >= 0.3 is 0 Å². The van der Waals surface area contributed by atoms with Crippen molar-refractivity contribution in [3.63, 3.8) is 0 Å². The molecule has 2 aromatic rings. The summed E-state index contributed by atoms with van der Waals surface area (Å²) in [6.45, 7) is -0.905. The highest BCUT2D eigenvalue weighted by atomic mass is 16.6. The van der Waals surface area contributed by atoms with Gasteiger partial charge in [0, 0.05) is 0 Å². The van der Waals surface area contributed by atoms with E-state index in [1.807, 2.05) is 0 Å². The first kappa shape index (κ1) is 27.2. The van der Waals surface area contributed by atoms with Crippen molar-refractivity contribution < 1.29 is 49.7 Å². The summed E-state index contributed by atoms with van der Waals surface area (Å²) in [6, 6.07) is 0. The number of rotatable bonds is 6. The minimum atomic E-state index is -1.29. The van der Waals surface area contributed by atoms with E-state index in [9.17, 15) is 30.0 Å². The summed E-state index contributed by atoms with van der Waals surface area (Å²) >= 11 is 0. The quantitative estimate of drug-likeness (QED) is 0.171. The summed E-state index contributed by atoms with van der Waals surface area (Å²) in [7, 11) is 0. The van der Waals surface area contributed by atoms with Gasteiger partial charge in [-0.25, -0.2) is 9.97 Å². The summed E-state index contributed by atoms with van der Waals surface area (Å²) in [5.74, 6) is -1.76. The van der Waals surface area contributed by atoms with E-state index in [0.29, 0.717) is 0 Å². The number of carbonyl (C=O) groups excluding carboxylic acids is 2. The van der Waals surface area contributed by atoms with Crippen molar-refractivity contribution >= 4 is 23.5 Å². The average Bonchev–Trinajstić information content (AvgIpc) is 3.55. The first-order valence-corrected chi connectivity index (χ1v) is 10.4. The lowest BCUT2D eigenvalue weighted by molar-refractivity contribution is -0.0518. The number of aliphatic hydroxyl groups is 6. The van der Waals surface area contributed by atoms with E-state index >= 15 is 0 Å². The third-order valence-electron chi connectivity index (χ3n) is 5.71. The standard InChI is InChI=1S/2C9H14N4O5/c2*10-7-4(8(11)17)12-2-13(7)9-6(16)5(15)3(1-14)18-9/h2*2-3,5-6,9,14-16H,1,10H2,(H2,11,17)/t2*3-,5-,6-,9-/m11/s1. The molecule has 0 aliphatic carbocycles. The maximum Gasteiger partial charge on any atom is 0.271 e. The molecule has 36 heavy (non-hydrogen) atoms. The maximum absolute atomic E-state index is 11.0. The Kier molecular flexibility index (Phi) is 8.11. The van der Waals surface area contributed by atoms with Crippen LogP contribution in [0.1, 0.15) is 33.4 Å². The van der Waals surface area contributed by atoms with Crippen LogP contribution in [-0.4, -0.2) is 111 Å². The molecule has 2 amide bonds. The van der Waals surface area contributed by atoms with E-state index in [2.05, 4.69) is 9.97 Å². The number of primary amides is 2. The van der Waals surface area contributed by atoms with E-state index in [0.717, 1.165) is 0 Å². The van der Waals surface area contributed by atoms with Crippen LogP contribution in [0.25, 0.3) is 0 Å². The number of aromatic nitrogens is 4. The molecule has 0 spiro atoms. The number of hydrogen-bond acceptors (Lipinski definition) is 14. The normalized spacial score (nSPS) is 31.7. The van der Waals surface area contributed by atoms with Crippen molar-refractivity contribution in [2.75, 3.05) is 24.7 Å². The summed E-state index contributed by atoms with van der Waals surface area (Å²) in [4.78, 5) is 29.4. The second kappa shape index (κ2) is 10.7. The van der Waals surface area contributed by atoms with Gasteiger partial charge in [0.2, 0.25) is 0 Å². The monoisotopic (exact) mass is 516 g/mol. The van der Waals surface area contributed by atoms with Crippen molar-refractivity contribution in [3.05, 3.63) is 24.0 Å². The highest BCUT2D eigenvalue weighted by Crippen LogP contribution is 2.32. The van der Waals surface area contributed by atoms with Crippen LogP contribution >= 0.6 is 0 Å². The van der Waals surface area contributed by atoms with Crippen LogP contribution in [-0.2, 0) is 9.47 Å². The molecule has 8 atom stereocenters. The molecule has 2 aliphatic heterocycles. The molecule has 2 saturated heterocycles. The first-order valence-electron chi connectivity index (χ1n) is 10.4. The molecule has 4 rings (SSSR count). The number of carbonyl (C=O) groups is 2. The third-order valence-corrected chi connectivity index (χ3v) is 5.71. The molecule has 4 heterocycles. The Labute approximate surface area is 202 Å². The molecule has 0 bridgehead atoms. The zero-order valence-electron chi connectivity index (χ0n) is 18.6. The Morgan fingerprint density at radius 3 is 1.31 bits per heavy atom. The molecular weight excluding hydrogens is 488 g/mol. The Bertz CT molecular complexity index is 1010. The largest absolute Gasteiger partial charge is 0.394 e. The number of nitrogen functional groups attached to an aromatic ring is 2. The predicted molar refractivity (Wildman–Crippen MR) is 116 cm³/mol. The number of anilines is 2. The van der Waals surface area contributed by atoms with E-state index in [-0.39, 0.29) is 23.0 Å². The second-order valence-electron chi connectivity index (χ2n) is 7.96. The van der Waals surface area contributed by atoms with Crippen molar-refractivity contribution in [2.45, 2.75) is 49.1 Å². The average molecular weight is 516 g/mol. The Morgan fingerprint density at radius 2 is 1.08 bits per heavy atom. The fraction of sp³-hybridized carbons (Fsp3) is 0.556. The third kappa shape index (κ3) is 4.83. The van der Waals surface area contributed by atoms with Crippen LogP contribution in [0.15, 0.2) is 12.7 Å². The number of nitrogens with zero attached hydrogens (tertiary/aromatic N) is 4. The number of nitrogens with two attached hydrogens (primary N) is 4. The molecule has 14 N–H and O–H groups in total. The smallest absolute Gasteiger partial charge is 0.271 e. The molecule has 0 radical (unpaired) electrons. The molecular formula is C18H28N8O10. The number of ether oxygens (including phenoxy) is 2. The Morgan fingerprint density at radius 1 is 0.750 bits per heavy atom. The van der Waals surface area contributed by atoms with Gasteiger partial charge in [0.1, 0.15) is 48.3 Å². The molecule has 2 fully saturated rings. The van der Waals surface area contributed by atoms with E-state index in [4.69, 9.17) is 42.6 Å². The highest BCUT2D eigenvalue weighted by molar-refractivity contribution is 5.95. The molecule has 0 unspecified atom stereocenters. The van der Waals surface area contributed by atoms with Crippen molar-refractivity contribution in [1.29, 1.82) is 0 Å². The number of aliphatic hydroxyl groups excluding tert-OH is 6. The Balaban J connectivity index is 0.000000201. The lowest BCUT2D eigenvalue weighted by Gasteiger charge is -2.17.